The van der Waals surface area contributed by atoms with Crippen LogP contribution in [0.3, 0.4) is 0 Å². The number of phenolic OH excluding ortho intramolecular Hbond substituents is 2. The lowest BCUT2D eigenvalue weighted by atomic mass is 10.2. The highest BCUT2D eigenvalue weighted by Gasteiger charge is 2.34. The second-order valence-corrected chi connectivity index (χ2v) is 7.40. The summed E-state index contributed by atoms with van der Waals surface area (Å²) in [6.45, 7) is 0.235. The van der Waals surface area contributed by atoms with Crippen molar-refractivity contribution < 1.29 is 19.4 Å². The molecule has 1 aliphatic rings. The van der Waals surface area contributed by atoms with Gasteiger partial charge in [0.25, 0.3) is 5.91 Å². The van der Waals surface area contributed by atoms with Gasteiger partial charge in [0.05, 0.1) is 23.9 Å². The number of phenols is 2. The summed E-state index contributed by atoms with van der Waals surface area (Å²) in [5, 5.41) is 27.6. The molecule has 150 valence electrons. The highest BCUT2D eigenvalue weighted by atomic mass is 32.2. The van der Waals surface area contributed by atoms with Gasteiger partial charge in [-0.25, -0.2) is 0 Å². The zero-order valence-corrected chi connectivity index (χ0v) is 16.5. The molecule has 4 rings (SSSR count). The molecule has 0 unspecified atom stereocenters. The van der Waals surface area contributed by atoms with E-state index in [1.54, 1.807) is 79.2 Å². The maximum atomic E-state index is 13.0. The van der Waals surface area contributed by atoms with E-state index in [9.17, 15) is 15.0 Å². The first kappa shape index (κ1) is 19.5. The van der Waals surface area contributed by atoms with Crippen LogP contribution >= 0.6 is 11.8 Å². The van der Waals surface area contributed by atoms with Crippen LogP contribution in [0.4, 0.5) is 0 Å². The van der Waals surface area contributed by atoms with Gasteiger partial charge in [-0.2, -0.15) is 5.10 Å². The van der Waals surface area contributed by atoms with Gasteiger partial charge in [0, 0.05) is 0 Å². The Labute approximate surface area is 176 Å². The van der Waals surface area contributed by atoms with Gasteiger partial charge in [-0.3, -0.25) is 9.69 Å². The number of carbonyl (C=O) groups is 1. The summed E-state index contributed by atoms with van der Waals surface area (Å²) in [5.41, 5.74) is 1.55. The lowest BCUT2D eigenvalue weighted by molar-refractivity contribution is -0.122. The van der Waals surface area contributed by atoms with Crippen LogP contribution in [0.25, 0.3) is 6.08 Å². The molecule has 1 aliphatic heterocycles. The van der Waals surface area contributed by atoms with E-state index in [-0.39, 0.29) is 24.0 Å². The van der Waals surface area contributed by atoms with E-state index >= 15 is 0 Å². The fourth-order valence-corrected chi connectivity index (χ4v) is 3.64. The quantitative estimate of drug-likeness (QED) is 0.367. The Balaban J connectivity index is 1.60. The van der Waals surface area contributed by atoms with Crippen molar-refractivity contribution in [3.63, 3.8) is 0 Å². The first-order chi connectivity index (χ1) is 14.6. The van der Waals surface area contributed by atoms with Crippen LogP contribution in [0.5, 0.6) is 11.5 Å². The van der Waals surface area contributed by atoms with E-state index in [1.165, 1.54) is 16.7 Å². The summed E-state index contributed by atoms with van der Waals surface area (Å²) < 4.78 is 5.38. The minimum atomic E-state index is -0.206. The molecule has 2 heterocycles. The third kappa shape index (κ3) is 4.61. The molecule has 0 aliphatic carbocycles. The number of aromatic hydroxyl groups is 2. The Morgan fingerprint density at radius 1 is 0.967 bits per heavy atom. The summed E-state index contributed by atoms with van der Waals surface area (Å²) in [4.78, 5) is 15.0. The Hall–Kier alpha value is -3.78. The average Bonchev–Trinajstić information content (AvgIpc) is 3.35. The lowest BCUT2D eigenvalue weighted by Gasteiger charge is -2.12. The van der Waals surface area contributed by atoms with Gasteiger partial charge < -0.3 is 14.6 Å². The highest BCUT2D eigenvalue weighted by Crippen LogP contribution is 2.34. The molecular weight excluding hydrogens is 402 g/mol. The molecule has 1 aromatic heterocycles. The van der Waals surface area contributed by atoms with Gasteiger partial charge in [0.15, 0.2) is 5.17 Å². The fraction of sp³-hybridized carbons (Fsp3) is 0.0455. The molecule has 0 saturated carbocycles. The minimum Gasteiger partial charge on any atom is -0.508 e. The van der Waals surface area contributed by atoms with E-state index < -0.39 is 0 Å². The summed E-state index contributed by atoms with van der Waals surface area (Å²) in [6, 6.07) is 16.7. The molecule has 1 fully saturated rings. The average molecular weight is 419 g/mol. The standard InChI is InChI=1S/C22H17N3O4S/c26-17-7-3-15(4-8-17)12-20-21(28)25(14-19-2-1-11-29-19)22(30-20)24-23-13-16-5-9-18(27)10-6-16/h1-13,26-27H,14H2/b20-12-,23-13+,24-22-. The molecule has 0 spiro atoms. The van der Waals surface area contributed by atoms with E-state index in [1.807, 2.05) is 0 Å². The van der Waals surface area contributed by atoms with E-state index in [0.29, 0.717) is 15.8 Å². The maximum Gasteiger partial charge on any atom is 0.267 e. The number of furan rings is 1. The predicted molar refractivity (Wildman–Crippen MR) is 116 cm³/mol. The smallest absolute Gasteiger partial charge is 0.267 e. The van der Waals surface area contributed by atoms with Gasteiger partial charge in [-0.15, -0.1) is 5.10 Å². The van der Waals surface area contributed by atoms with E-state index in [0.717, 1.165) is 11.1 Å². The largest absolute Gasteiger partial charge is 0.508 e. The first-order valence-electron chi connectivity index (χ1n) is 9.01. The molecule has 2 aromatic carbocycles. The van der Waals surface area contributed by atoms with Crippen LogP contribution in [-0.2, 0) is 11.3 Å². The normalized spacial score (nSPS) is 16.9. The van der Waals surface area contributed by atoms with E-state index in [4.69, 9.17) is 4.42 Å². The van der Waals surface area contributed by atoms with Gasteiger partial charge in [-0.1, -0.05) is 12.1 Å². The molecule has 8 heteroatoms. The molecule has 30 heavy (non-hydrogen) atoms. The van der Waals surface area contributed by atoms with Crippen LogP contribution in [-0.4, -0.2) is 32.4 Å². The third-order valence-corrected chi connectivity index (χ3v) is 5.21. The molecule has 7 nitrogen and oxygen atoms in total. The molecular formula is C22H17N3O4S. The van der Waals surface area contributed by atoms with Crippen LogP contribution in [0.1, 0.15) is 16.9 Å². The molecule has 1 amide bonds. The van der Waals surface area contributed by atoms with Crippen LogP contribution in [0.2, 0.25) is 0 Å². The van der Waals surface area contributed by atoms with E-state index in [2.05, 4.69) is 10.2 Å². The number of carbonyl (C=O) groups excluding carboxylic acids is 1. The van der Waals surface area contributed by atoms with Crippen molar-refractivity contribution >= 4 is 35.1 Å². The number of benzene rings is 2. The van der Waals surface area contributed by atoms with Crippen molar-refractivity contribution in [1.82, 2.24) is 4.90 Å². The molecule has 2 N–H and O–H groups in total. The van der Waals surface area contributed by atoms with Crippen molar-refractivity contribution in [2.24, 2.45) is 10.2 Å². The van der Waals surface area contributed by atoms with Crippen LogP contribution in [0, 0.1) is 0 Å². The van der Waals surface area contributed by atoms with Crippen LogP contribution in [0.15, 0.2) is 86.5 Å². The number of hydrogen-bond donors (Lipinski definition) is 2. The number of rotatable bonds is 5. The Bertz CT molecular complexity index is 1120. The Kier molecular flexibility index (Phi) is 5.67. The number of amides is 1. The summed E-state index contributed by atoms with van der Waals surface area (Å²) in [7, 11) is 0. The molecule has 0 bridgehead atoms. The Morgan fingerprint density at radius 3 is 2.27 bits per heavy atom. The predicted octanol–water partition coefficient (Wildman–Crippen LogP) is 4.20. The maximum absolute atomic E-state index is 13.0. The molecule has 0 atom stereocenters. The topological polar surface area (TPSA) is 98.6 Å². The zero-order chi connectivity index (χ0) is 20.9. The Morgan fingerprint density at radius 2 is 1.63 bits per heavy atom. The van der Waals surface area contributed by atoms with Crippen molar-refractivity contribution in [1.29, 1.82) is 0 Å². The van der Waals surface area contributed by atoms with Gasteiger partial charge in [0.1, 0.15) is 17.3 Å². The lowest BCUT2D eigenvalue weighted by Crippen LogP contribution is -2.28. The molecule has 0 radical (unpaired) electrons. The second-order valence-electron chi connectivity index (χ2n) is 6.39. The first-order valence-corrected chi connectivity index (χ1v) is 9.83. The number of amidine groups is 1. The van der Waals surface area contributed by atoms with Gasteiger partial charge in [0.2, 0.25) is 0 Å². The highest BCUT2D eigenvalue weighted by molar-refractivity contribution is 8.18. The fourth-order valence-electron chi connectivity index (χ4n) is 2.71. The minimum absolute atomic E-state index is 0.160. The van der Waals surface area contributed by atoms with Crippen LogP contribution < -0.4 is 0 Å². The van der Waals surface area contributed by atoms with Crippen molar-refractivity contribution in [2.45, 2.75) is 6.54 Å². The number of thioether (sulfide) groups is 1. The SMILES string of the molecule is O=C1/C(=C/c2ccc(O)cc2)S/C(=N\N=C\c2ccc(O)cc2)N1Cc1ccco1. The number of nitrogens with zero attached hydrogens (tertiary/aromatic N) is 3. The van der Waals surface area contributed by atoms with Crippen molar-refractivity contribution in [2.75, 3.05) is 0 Å². The number of hydrogen-bond acceptors (Lipinski definition) is 7. The van der Waals surface area contributed by atoms with Crippen molar-refractivity contribution in [3.05, 3.63) is 88.7 Å². The monoisotopic (exact) mass is 419 g/mol. The molecule has 1 saturated heterocycles. The second kappa shape index (κ2) is 8.71. The zero-order valence-electron chi connectivity index (χ0n) is 15.7. The third-order valence-electron chi connectivity index (χ3n) is 4.22. The van der Waals surface area contributed by atoms with Gasteiger partial charge in [-0.05, 0) is 77.5 Å². The molecule has 3 aromatic rings. The summed E-state index contributed by atoms with van der Waals surface area (Å²) >= 11 is 1.21. The summed E-state index contributed by atoms with van der Waals surface area (Å²) in [6.07, 6.45) is 4.84. The van der Waals surface area contributed by atoms with Crippen molar-refractivity contribution in [3.8, 4) is 11.5 Å². The summed E-state index contributed by atoms with van der Waals surface area (Å²) in [5.74, 6) is 0.755. The van der Waals surface area contributed by atoms with Gasteiger partial charge >= 0.3 is 0 Å².